The van der Waals surface area contributed by atoms with Gasteiger partial charge in [-0.1, -0.05) is 23.7 Å². The maximum absolute atomic E-state index is 13.2. The topological polar surface area (TPSA) is 98.0 Å². The SMILES string of the molecule is CC(CNC(=O)Cn1nc(-c2ccc(Cl)cc2)n(CCC(F)(F)F)c1=O)(NC=O)c1cccc(C(F)(F)F)c1. The number of carbonyl (C=O) groups is 2. The lowest BCUT2D eigenvalue weighted by Gasteiger charge is -2.30. The third kappa shape index (κ3) is 7.62. The number of nitrogens with one attached hydrogen (secondary N) is 2. The molecule has 0 fully saturated rings. The summed E-state index contributed by atoms with van der Waals surface area (Å²) in [7, 11) is 0. The number of amides is 2. The van der Waals surface area contributed by atoms with E-state index in [2.05, 4.69) is 15.7 Å². The van der Waals surface area contributed by atoms with Crippen LogP contribution < -0.4 is 16.3 Å². The summed E-state index contributed by atoms with van der Waals surface area (Å²) >= 11 is 5.86. The number of carbonyl (C=O) groups excluding carboxylic acids is 2. The fraction of sp³-hybridized carbons (Fsp3) is 0.333. The second-order valence-electron chi connectivity index (χ2n) is 8.74. The van der Waals surface area contributed by atoms with E-state index in [1.54, 1.807) is 0 Å². The molecule has 2 amide bonds. The second-order valence-corrected chi connectivity index (χ2v) is 9.17. The lowest BCUT2D eigenvalue weighted by molar-refractivity contribution is -0.138. The van der Waals surface area contributed by atoms with Crippen LogP contribution >= 0.6 is 11.6 Å². The molecule has 210 valence electrons. The maximum Gasteiger partial charge on any atom is 0.416 e. The molecule has 0 aliphatic rings. The smallest absolute Gasteiger partial charge is 0.352 e. The Labute approximate surface area is 222 Å². The monoisotopic (exact) mass is 577 g/mol. The van der Waals surface area contributed by atoms with Crippen molar-refractivity contribution < 1.29 is 35.9 Å². The number of hydrogen-bond donors (Lipinski definition) is 2. The van der Waals surface area contributed by atoms with Gasteiger partial charge in [-0.2, -0.15) is 26.3 Å². The summed E-state index contributed by atoms with van der Waals surface area (Å²) in [6.45, 7) is -0.454. The predicted molar refractivity (Wildman–Crippen MR) is 129 cm³/mol. The van der Waals surface area contributed by atoms with Crippen molar-refractivity contribution in [2.75, 3.05) is 6.54 Å². The van der Waals surface area contributed by atoms with Crippen LogP contribution in [0.1, 0.15) is 24.5 Å². The fourth-order valence-corrected chi connectivity index (χ4v) is 3.80. The Morgan fingerprint density at radius 1 is 1.05 bits per heavy atom. The van der Waals surface area contributed by atoms with Gasteiger partial charge in [0.25, 0.3) is 0 Å². The van der Waals surface area contributed by atoms with E-state index < -0.39 is 54.6 Å². The molecule has 0 bridgehead atoms. The number of nitrogens with zero attached hydrogens (tertiary/aromatic N) is 3. The van der Waals surface area contributed by atoms with Gasteiger partial charge in [0, 0.05) is 23.7 Å². The lowest BCUT2D eigenvalue weighted by Crippen LogP contribution is -2.49. The van der Waals surface area contributed by atoms with Gasteiger partial charge < -0.3 is 10.6 Å². The van der Waals surface area contributed by atoms with E-state index in [0.29, 0.717) is 9.70 Å². The minimum absolute atomic E-state index is 0.0448. The molecule has 8 nitrogen and oxygen atoms in total. The number of halogens is 7. The molecule has 1 atom stereocenters. The Hall–Kier alpha value is -3.81. The van der Waals surface area contributed by atoms with Crippen LogP contribution in [0.4, 0.5) is 26.3 Å². The van der Waals surface area contributed by atoms with Crippen LogP contribution in [0.25, 0.3) is 11.4 Å². The van der Waals surface area contributed by atoms with Crippen molar-refractivity contribution in [3.63, 3.8) is 0 Å². The zero-order valence-electron chi connectivity index (χ0n) is 20.2. The molecular weight excluding hydrogens is 556 g/mol. The standard InChI is InChI=1S/C24H22ClF6N5O3/c1-22(33-14-37,16-3-2-4-17(11-16)24(29,30)31)13-32-19(38)12-36-21(39)35(10-9-23(26,27)28)20(34-36)15-5-7-18(25)8-6-15/h2-8,11,14H,9-10,12-13H2,1H3,(H,32,38)(H,33,37). The average Bonchev–Trinajstić information content (AvgIpc) is 3.16. The van der Waals surface area contributed by atoms with E-state index in [0.717, 1.165) is 22.8 Å². The molecule has 1 unspecified atom stereocenters. The molecule has 1 aromatic heterocycles. The van der Waals surface area contributed by atoms with Gasteiger partial charge in [0.15, 0.2) is 5.82 Å². The Morgan fingerprint density at radius 3 is 2.28 bits per heavy atom. The van der Waals surface area contributed by atoms with Crippen molar-refractivity contribution in [3.05, 3.63) is 75.2 Å². The zero-order chi connectivity index (χ0) is 29.0. The summed E-state index contributed by atoms with van der Waals surface area (Å²) < 4.78 is 79.5. The van der Waals surface area contributed by atoms with Gasteiger partial charge in [-0.15, -0.1) is 5.10 Å². The molecule has 15 heteroatoms. The van der Waals surface area contributed by atoms with Crippen LogP contribution in [0, 0.1) is 0 Å². The molecule has 39 heavy (non-hydrogen) atoms. The van der Waals surface area contributed by atoms with E-state index in [1.165, 1.54) is 37.3 Å². The van der Waals surface area contributed by atoms with Crippen molar-refractivity contribution in [2.24, 2.45) is 0 Å². The van der Waals surface area contributed by atoms with Crippen molar-refractivity contribution >= 4 is 23.9 Å². The van der Waals surface area contributed by atoms with E-state index in [1.807, 2.05) is 0 Å². The number of aromatic nitrogens is 3. The summed E-state index contributed by atoms with van der Waals surface area (Å²) in [5.41, 5.74) is -3.08. The molecule has 1 heterocycles. The predicted octanol–water partition coefficient (Wildman–Crippen LogP) is 4.11. The highest BCUT2D eigenvalue weighted by Gasteiger charge is 2.34. The second kappa shape index (κ2) is 11.5. The molecule has 0 radical (unpaired) electrons. The molecule has 0 saturated heterocycles. The van der Waals surface area contributed by atoms with Crippen molar-refractivity contribution in [1.29, 1.82) is 0 Å². The number of hydrogen-bond acceptors (Lipinski definition) is 4. The third-order valence-electron chi connectivity index (χ3n) is 5.78. The first-order chi connectivity index (χ1) is 18.1. The van der Waals surface area contributed by atoms with Crippen LogP contribution in [0.15, 0.2) is 53.3 Å². The Kier molecular flexibility index (Phi) is 8.78. The summed E-state index contributed by atoms with van der Waals surface area (Å²) in [5, 5.41) is 9.18. The number of rotatable bonds is 10. The number of alkyl halides is 6. The fourth-order valence-electron chi connectivity index (χ4n) is 3.67. The maximum atomic E-state index is 13.2. The third-order valence-corrected chi connectivity index (χ3v) is 6.03. The van der Waals surface area contributed by atoms with Gasteiger partial charge in [0.2, 0.25) is 12.3 Å². The van der Waals surface area contributed by atoms with E-state index in [4.69, 9.17) is 11.6 Å². The van der Waals surface area contributed by atoms with Gasteiger partial charge in [-0.05, 0) is 48.9 Å². The molecule has 0 aliphatic heterocycles. The van der Waals surface area contributed by atoms with Crippen molar-refractivity contribution in [1.82, 2.24) is 25.0 Å². The lowest BCUT2D eigenvalue weighted by atomic mass is 9.90. The first-order valence-corrected chi connectivity index (χ1v) is 11.7. The van der Waals surface area contributed by atoms with Crippen LogP contribution in [0.3, 0.4) is 0 Å². The summed E-state index contributed by atoms with van der Waals surface area (Å²) in [6, 6.07) is 9.97. The Balaban J connectivity index is 1.84. The highest BCUT2D eigenvalue weighted by molar-refractivity contribution is 6.30. The number of benzene rings is 2. The van der Waals surface area contributed by atoms with Gasteiger partial charge >= 0.3 is 18.0 Å². The van der Waals surface area contributed by atoms with E-state index in [-0.39, 0.29) is 29.9 Å². The molecule has 2 aromatic carbocycles. The molecule has 3 rings (SSSR count). The highest BCUT2D eigenvalue weighted by atomic mass is 35.5. The summed E-state index contributed by atoms with van der Waals surface area (Å²) in [5.74, 6) is -0.948. The average molecular weight is 578 g/mol. The minimum atomic E-state index is -4.64. The van der Waals surface area contributed by atoms with Crippen LogP contribution in [0.5, 0.6) is 0 Å². The van der Waals surface area contributed by atoms with Gasteiger partial charge in [-0.25, -0.2) is 9.48 Å². The molecule has 0 aliphatic carbocycles. The quantitative estimate of drug-likeness (QED) is 0.280. The summed E-state index contributed by atoms with van der Waals surface area (Å²) in [6.07, 6.45) is -10.3. The van der Waals surface area contributed by atoms with Gasteiger partial charge in [0.05, 0.1) is 17.5 Å². The van der Waals surface area contributed by atoms with Crippen molar-refractivity contribution in [2.45, 2.75) is 44.3 Å². The first kappa shape index (κ1) is 29.7. The van der Waals surface area contributed by atoms with Gasteiger partial charge in [0.1, 0.15) is 6.54 Å². The minimum Gasteiger partial charge on any atom is -0.352 e. The van der Waals surface area contributed by atoms with Crippen LogP contribution in [-0.4, -0.2) is 39.4 Å². The van der Waals surface area contributed by atoms with E-state index in [9.17, 15) is 40.7 Å². The zero-order valence-corrected chi connectivity index (χ0v) is 21.0. The molecule has 3 aromatic rings. The Bertz CT molecular complexity index is 1380. The molecular formula is C24H22ClF6N5O3. The summed E-state index contributed by atoms with van der Waals surface area (Å²) in [4.78, 5) is 36.7. The highest BCUT2D eigenvalue weighted by Crippen LogP contribution is 2.32. The normalized spacial score (nSPS) is 13.5. The Morgan fingerprint density at radius 2 is 1.69 bits per heavy atom. The molecule has 0 spiro atoms. The first-order valence-electron chi connectivity index (χ1n) is 11.3. The van der Waals surface area contributed by atoms with Crippen LogP contribution in [0.2, 0.25) is 5.02 Å². The molecule has 2 N–H and O–H groups in total. The largest absolute Gasteiger partial charge is 0.416 e. The van der Waals surface area contributed by atoms with Crippen LogP contribution in [-0.2, 0) is 34.4 Å². The van der Waals surface area contributed by atoms with Gasteiger partial charge in [-0.3, -0.25) is 14.2 Å². The molecule has 0 saturated carbocycles. The van der Waals surface area contributed by atoms with E-state index >= 15 is 0 Å². The van der Waals surface area contributed by atoms with Crippen molar-refractivity contribution in [3.8, 4) is 11.4 Å².